The Labute approximate surface area is 109 Å². The van der Waals surface area contributed by atoms with Crippen LogP contribution in [-0.4, -0.2) is 23.1 Å². The highest BCUT2D eigenvalue weighted by Gasteiger charge is 2.08. The second kappa shape index (κ2) is 8.55. The molecule has 0 fully saturated rings. The maximum absolute atomic E-state index is 5.97. The SMILES string of the molecule is CCCCCNc1ncnc(OCCCC)c1N. The zero-order chi connectivity index (χ0) is 13.2. The first kappa shape index (κ1) is 14.5. The van der Waals surface area contributed by atoms with Crippen molar-refractivity contribution in [3.05, 3.63) is 6.33 Å². The molecule has 1 heterocycles. The molecule has 0 atom stereocenters. The number of nitrogens with one attached hydrogen (secondary N) is 1. The van der Waals surface area contributed by atoms with Crippen LogP contribution in [0.2, 0.25) is 0 Å². The van der Waals surface area contributed by atoms with Gasteiger partial charge in [0.15, 0.2) is 5.82 Å². The molecule has 1 rings (SSSR count). The smallest absolute Gasteiger partial charge is 0.242 e. The maximum Gasteiger partial charge on any atom is 0.242 e. The fourth-order valence-corrected chi connectivity index (χ4v) is 1.53. The first-order valence-corrected chi connectivity index (χ1v) is 6.76. The molecule has 102 valence electrons. The quantitative estimate of drug-likeness (QED) is 0.661. The van der Waals surface area contributed by atoms with Crippen molar-refractivity contribution < 1.29 is 4.74 Å². The van der Waals surface area contributed by atoms with E-state index in [-0.39, 0.29) is 0 Å². The van der Waals surface area contributed by atoms with Crippen molar-refractivity contribution in [2.45, 2.75) is 46.0 Å². The molecule has 0 aliphatic rings. The van der Waals surface area contributed by atoms with Crippen molar-refractivity contribution in [1.82, 2.24) is 9.97 Å². The summed E-state index contributed by atoms with van der Waals surface area (Å²) in [4.78, 5) is 8.19. The summed E-state index contributed by atoms with van der Waals surface area (Å²) >= 11 is 0. The summed E-state index contributed by atoms with van der Waals surface area (Å²) in [6, 6.07) is 0. The molecule has 1 aromatic rings. The standard InChI is InChI=1S/C13H24N4O/c1-3-5-7-8-15-12-11(14)13(17-10-16-12)18-9-6-4-2/h10H,3-9,14H2,1-2H3,(H,15,16,17). The van der Waals surface area contributed by atoms with Gasteiger partial charge in [0.1, 0.15) is 12.0 Å². The molecule has 0 saturated carbocycles. The van der Waals surface area contributed by atoms with Gasteiger partial charge in [-0.1, -0.05) is 33.1 Å². The average molecular weight is 252 g/mol. The molecule has 5 heteroatoms. The molecule has 0 aromatic carbocycles. The summed E-state index contributed by atoms with van der Waals surface area (Å²) < 4.78 is 5.53. The Morgan fingerprint density at radius 1 is 1.17 bits per heavy atom. The highest BCUT2D eigenvalue weighted by atomic mass is 16.5. The van der Waals surface area contributed by atoms with Gasteiger partial charge in [-0.2, -0.15) is 4.98 Å². The number of hydrogen-bond donors (Lipinski definition) is 2. The van der Waals surface area contributed by atoms with Gasteiger partial charge in [-0.15, -0.1) is 0 Å². The molecule has 0 aliphatic carbocycles. The van der Waals surface area contributed by atoms with Crippen LogP contribution in [-0.2, 0) is 0 Å². The van der Waals surface area contributed by atoms with E-state index >= 15 is 0 Å². The van der Waals surface area contributed by atoms with Gasteiger partial charge in [-0.25, -0.2) is 4.98 Å². The fourth-order valence-electron chi connectivity index (χ4n) is 1.53. The van der Waals surface area contributed by atoms with E-state index in [1.54, 1.807) is 0 Å². The minimum atomic E-state index is 0.483. The average Bonchev–Trinajstić information content (AvgIpc) is 2.38. The summed E-state index contributed by atoms with van der Waals surface area (Å²) in [7, 11) is 0. The van der Waals surface area contributed by atoms with E-state index in [1.165, 1.54) is 19.2 Å². The van der Waals surface area contributed by atoms with E-state index in [0.717, 1.165) is 25.8 Å². The highest BCUT2D eigenvalue weighted by molar-refractivity contribution is 5.66. The van der Waals surface area contributed by atoms with Crippen LogP contribution in [0.25, 0.3) is 0 Å². The number of nitrogen functional groups attached to an aromatic ring is 1. The maximum atomic E-state index is 5.97. The molecule has 0 radical (unpaired) electrons. The van der Waals surface area contributed by atoms with E-state index < -0.39 is 0 Å². The monoisotopic (exact) mass is 252 g/mol. The van der Waals surface area contributed by atoms with Crippen LogP contribution < -0.4 is 15.8 Å². The van der Waals surface area contributed by atoms with E-state index in [1.807, 2.05) is 0 Å². The van der Waals surface area contributed by atoms with E-state index in [2.05, 4.69) is 29.1 Å². The summed E-state index contributed by atoms with van der Waals surface area (Å²) in [6.45, 7) is 5.82. The molecule has 5 nitrogen and oxygen atoms in total. The van der Waals surface area contributed by atoms with Gasteiger partial charge in [0.25, 0.3) is 0 Å². The first-order valence-electron chi connectivity index (χ1n) is 6.76. The second-order valence-electron chi connectivity index (χ2n) is 4.28. The number of rotatable bonds is 9. The van der Waals surface area contributed by atoms with Crippen LogP contribution in [0.3, 0.4) is 0 Å². The number of ether oxygens (including phenoxy) is 1. The van der Waals surface area contributed by atoms with Gasteiger partial charge in [0.2, 0.25) is 5.88 Å². The van der Waals surface area contributed by atoms with Crippen molar-refractivity contribution in [2.75, 3.05) is 24.2 Å². The van der Waals surface area contributed by atoms with E-state index in [0.29, 0.717) is 24.0 Å². The Balaban J connectivity index is 2.49. The highest BCUT2D eigenvalue weighted by Crippen LogP contribution is 2.24. The van der Waals surface area contributed by atoms with Gasteiger partial charge >= 0.3 is 0 Å². The summed E-state index contributed by atoms with van der Waals surface area (Å²) in [5.74, 6) is 1.16. The summed E-state index contributed by atoms with van der Waals surface area (Å²) in [6.07, 6.45) is 7.10. The van der Waals surface area contributed by atoms with Gasteiger partial charge < -0.3 is 15.8 Å². The zero-order valence-electron chi connectivity index (χ0n) is 11.4. The first-order chi connectivity index (χ1) is 8.79. The van der Waals surface area contributed by atoms with Crippen molar-refractivity contribution in [1.29, 1.82) is 0 Å². The van der Waals surface area contributed by atoms with Gasteiger partial charge in [0.05, 0.1) is 6.61 Å². The number of nitrogens with zero attached hydrogens (tertiary/aromatic N) is 2. The number of anilines is 2. The molecule has 0 aliphatic heterocycles. The Bertz CT molecular complexity index is 344. The van der Waals surface area contributed by atoms with Crippen LogP contribution in [0.4, 0.5) is 11.5 Å². The Kier molecular flexibility index (Phi) is 6.91. The lowest BCUT2D eigenvalue weighted by Crippen LogP contribution is -2.09. The normalized spacial score (nSPS) is 10.3. The lowest BCUT2D eigenvalue weighted by molar-refractivity contribution is 0.299. The zero-order valence-corrected chi connectivity index (χ0v) is 11.4. The lowest BCUT2D eigenvalue weighted by Gasteiger charge is -2.11. The Hall–Kier alpha value is -1.52. The third kappa shape index (κ3) is 4.77. The Morgan fingerprint density at radius 3 is 2.67 bits per heavy atom. The Morgan fingerprint density at radius 2 is 1.94 bits per heavy atom. The largest absolute Gasteiger partial charge is 0.476 e. The van der Waals surface area contributed by atoms with Gasteiger partial charge in [-0.05, 0) is 12.8 Å². The van der Waals surface area contributed by atoms with Gasteiger partial charge in [-0.3, -0.25) is 0 Å². The molecule has 0 amide bonds. The van der Waals surface area contributed by atoms with E-state index in [4.69, 9.17) is 10.5 Å². The van der Waals surface area contributed by atoms with E-state index in [9.17, 15) is 0 Å². The lowest BCUT2D eigenvalue weighted by atomic mass is 10.2. The van der Waals surface area contributed by atoms with Gasteiger partial charge in [0, 0.05) is 6.54 Å². The third-order valence-electron chi connectivity index (χ3n) is 2.66. The fraction of sp³-hybridized carbons (Fsp3) is 0.692. The number of aromatic nitrogens is 2. The summed E-state index contributed by atoms with van der Waals surface area (Å²) in [5.41, 5.74) is 6.47. The second-order valence-corrected chi connectivity index (χ2v) is 4.28. The molecule has 0 spiro atoms. The van der Waals surface area contributed by atoms with Crippen LogP contribution in [0.1, 0.15) is 46.0 Å². The molecule has 18 heavy (non-hydrogen) atoms. The molecular formula is C13H24N4O. The number of nitrogens with two attached hydrogens (primary N) is 1. The van der Waals surface area contributed by atoms with Crippen molar-refractivity contribution in [2.24, 2.45) is 0 Å². The minimum Gasteiger partial charge on any atom is -0.476 e. The third-order valence-corrected chi connectivity index (χ3v) is 2.66. The van der Waals surface area contributed by atoms with Crippen molar-refractivity contribution in [3.8, 4) is 5.88 Å². The van der Waals surface area contributed by atoms with Crippen LogP contribution in [0.5, 0.6) is 5.88 Å². The molecule has 1 aromatic heterocycles. The predicted molar refractivity (Wildman–Crippen MR) is 74.9 cm³/mol. The van der Waals surface area contributed by atoms with Crippen LogP contribution in [0, 0.1) is 0 Å². The van der Waals surface area contributed by atoms with Crippen molar-refractivity contribution in [3.63, 3.8) is 0 Å². The molecule has 3 N–H and O–H groups in total. The summed E-state index contributed by atoms with van der Waals surface area (Å²) in [5, 5.41) is 3.22. The predicted octanol–water partition coefficient (Wildman–Crippen LogP) is 2.84. The molecular weight excluding hydrogens is 228 g/mol. The molecule has 0 saturated heterocycles. The number of unbranched alkanes of at least 4 members (excludes halogenated alkanes) is 3. The minimum absolute atomic E-state index is 0.483. The van der Waals surface area contributed by atoms with Crippen LogP contribution >= 0.6 is 0 Å². The van der Waals surface area contributed by atoms with Crippen molar-refractivity contribution >= 4 is 11.5 Å². The topological polar surface area (TPSA) is 73.1 Å². The van der Waals surface area contributed by atoms with Crippen LogP contribution in [0.15, 0.2) is 6.33 Å². The molecule has 0 bridgehead atoms. The molecule has 0 unspecified atom stereocenters. The number of hydrogen-bond acceptors (Lipinski definition) is 5.